The van der Waals surface area contributed by atoms with Gasteiger partial charge in [-0.15, -0.1) is 0 Å². The summed E-state index contributed by atoms with van der Waals surface area (Å²) in [6, 6.07) is 26.4. The Hall–Kier alpha value is -4.01. The molecule has 43 heavy (non-hydrogen) atoms. The number of benzene rings is 3. The third kappa shape index (κ3) is 8.30. The van der Waals surface area contributed by atoms with E-state index in [1.165, 1.54) is 0 Å². The first kappa shape index (κ1) is 30.4. The molecular formula is C35H42N4O4. The number of carbonyl (C=O) groups is 3. The summed E-state index contributed by atoms with van der Waals surface area (Å²) in [6.45, 7) is 4.72. The van der Waals surface area contributed by atoms with E-state index in [0.717, 1.165) is 68.8 Å². The van der Waals surface area contributed by atoms with Crippen molar-refractivity contribution in [3.63, 3.8) is 0 Å². The van der Waals surface area contributed by atoms with E-state index < -0.39 is 11.6 Å². The average molecular weight is 583 g/mol. The first-order chi connectivity index (χ1) is 21.0. The molecule has 0 bridgehead atoms. The minimum absolute atomic E-state index is 0.213. The number of carbonyl (C=O) groups excluding carboxylic acids is 3. The highest BCUT2D eigenvalue weighted by molar-refractivity contribution is 6.00. The summed E-state index contributed by atoms with van der Waals surface area (Å²) < 4.78 is 5.41. The molecule has 3 aromatic rings. The lowest BCUT2D eigenvalue weighted by molar-refractivity contribution is -0.132. The molecule has 1 saturated heterocycles. The van der Waals surface area contributed by atoms with Gasteiger partial charge in [0.25, 0.3) is 5.91 Å². The fraction of sp³-hybridized carbons (Fsp3) is 0.400. The van der Waals surface area contributed by atoms with E-state index in [1.54, 1.807) is 12.1 Å². The molecule has 2 aliphatic rings. The Labute approximate surface area is 254 Å². The molecule has 1 heterocycles. The van der Waals surface area contributed by atoms with Crippen LogP contribution in [0.2, 0.25) is 0 Å². The van der Waals surface area contributed by atoms with Gasteiger partial charge >= 0.3 is 0 Å². The second-order valence-electron chi connectivity index (χ2n) is 11.5. The van der Waals surface area contributed by atoms with E-state index in [4.69, 9.17) is 4.74 Å². The standard InChI is InChI=1S/C35H42N4O4/c40-32(30-16-14-29(15-17-30)28-12-5-2-6-13-28)38-35(18-7-8-19-35)34(42)37-31(26-27-10-3-1-4-11-27)33(41)36-20-9-21-39-22-24-43-25-23-39/h1-6,10-17,31H,7-9,18-26H2,(H,36,41)(H,37,42)(H,38,40). The number of nitrogens with zero attached hydrogens (tertiary/aromatic N) is 1. The van der Waals surface area contributed by atoms with Crippen LogP contribution in [-0.4, -0.2) is 73.6 Å². The fourth-order valence-electron chi connectivity index (χ4n) is 5.94. The minimum atomic E-state index is -1.05. The van der Waals surface area contributed by atoms with Crippen LogP contribution in [-0.2, 0) is 20.7 Å². The quantitative estimate of drug-likeness (QED) is 0.281. The third-order valence-corrected chi connectivity index (χ3v) is 8.46. The minimum Gasteiger partial charge on any atom is -0.379 e. The number of nitrogens with one attached hydrogen (secondary N) is 3. The van der Waals surface area contributed by atoms with E-state index in [9.17, 15) is 14.4 Å². The van der Waals surface area contributed by atoms with Crippen LogP contribution in [0.5, 0.6) is 0 Å². The van der Waals surface area contributed by atoms with Gasteiger partial charge in [-0.25, -0.2) is 0 Å². The summed E-state index contributed by atoms with van der Waals surface area (Å²) in [5.74, 6) is -0.803. The van der Waals surface area contributed by atoms with E-state index in [-0.39, 0.29) is 17.7 Å². The molecule has 1 aliphatic heterocycles. The van der Waals surface area contributed by atoms with Gasteiger partial charge in [-0.3, -0.25) is 19.3 Å². The van der Waals surface area contributed by atoms with Gasteiger partial charge < -0.3 is 20.7 Å². The molecule has 8 nitrogen and oxygen atoms in total. The Morgan fingerprint density at radius 1 is 0.814 bits per heavy atom. The second kappa shape index (κ2) is 14.9. The van der Waals surface area contributed by atoms with E-state index >= 15 is 0 Å². The van der Waals surface area contributed by atoms with Crippen LogP contribution in [0.3, 0.4) is 0 Å². The lowest BCUT2D eigenvalue weighted by Gasteiger charge is -2.31. The van der Waals surface area contributed by atoms with E-state index in [2.05, 4.69) is 20.9 Å². The lowest BCUT2D eigenvalue weighted by Crippen LogP contribution is -2.61. The van der Waals surface area contributed by atoms with E-state index in [0.29, 0.717) is 31.4 Å². The number of hydrogen-bond donors (Lipinski definition) is 3. The molecule has 3 N–H and O–H groups in total. The highest BCUT2D eigenvalue weighted by Gasteiger charge is 2.43. The predicted octanol–water partition coefficient (Wildman–Crippen LogP) is 3.96. The molecule has 0 spiro atoms. The molecule has 226 valence electrons. The van der Waals surface area contributed by atoms with Gasteiger partial charge in [-0.2, -0.15) is 0 Å². The summed E-state index contributed by atoms with van der Waals surface area (Å²) in [4.78, 5) is 43.0. The zero-order valence-electron chi connectivity index (χ0n) is 24.7. The topological polar surface area (TPSA) is 99.8 Å². The summed E-state index contributed by atoms with van der Waals surface area (Å²) in [5, 5.41) is 9.14. The van der Waals surface area contributed by atoms with Crippen LogP contribution in [0.25, 0.3) is 11.1 Å². The van der Waals surface area contributed by atoms with Crippen molar-refractivity contribution in [2.45, 2.75) is 50.1 Å². The molecule has 1 saturated carbocycles. The highest BCUT2D eigenvalue weighted by Crippen LogP contribution is 2.31. The van der Waals surface area contributed by atoms with Gasteiger partial charge in [0, 0.05) is 31.6 Å². The van der Waals surface area contributed by atoms with Crippen molar-refractivity contribution in [3.8, 4) is 11.1 Å². The van der Waals surface area contributed by atoms with Gasteiger partial charge in [0.15, 0.2) is 0 Å². The average Bonchev–Trinajstić information content (AvgIpc) is 3.54. The first-order valence-corrected chi connectivity index (χ1v) is 15.4. The van der Waals surface area contributed by atoms with Crippen molar-refractivity contribution in [2.75, 3.05) is 39.4 Å². The smallest absolute Gasteiger partial charge is 0.252 e. The van der Waals surface area contributed by atoms with Gasteiger partial charge in [-0.05, 0) is 54.6 Å². The van der Waals surface area contributed by atoms with Gasteiger partial charge in [0.2, 0.25) is 11.8 Å². The number of rotatable bonds is 12. The maximum absolute atomic E-state index is 13.9. The Morgan fingerprint density at radius 3 is 2.12 bits per heavy atom. The number of ether oxygens (including phenoxy) is 1. The molecule has 8 heteroatoms. The van der Waals surface area contributed by atoms with Crippen molar-refractivity contribution in [1.29, 1.82) is 0 Å². The molecule has 5 rings (SSSR count). The molecule has 2 fully saturated rings. The molecule has 1 unspecified atom stereocenters. The van der Waals surface area contributed by atoms with Crippen LogP contribution in [0.15, 0.2) is 84.9 Å². The maximum atomic E-state index is 13.9. The number of hydrogen-bond acceptors (Lipinski definition) is 5. The molecule has 1 atom stereocenters. The van der Waals surface area contributed by atoms with Crippen molar-refractivity contribution in [1.82, 2.24) is 20.9 Å². The van der Waals surface area contributed by atoms with Crippen molar-refractivity contribution >= 4 is 17.7 Å². The molecule has 0 aromatic heterocycles. The van der Waals surface area contributed by atoms with Crippen molar-refractivity contribution in [3.05, 3.63) is 96.1 Å². The first-order valence-electron chi connectivity index (χ1n) is 15.4. The number of amides is 3. The lowest BCUT2D eigenvalue weighted by atomic mass is 9.94. The fourth-order valence-corrected chi connectivity index (χ4v) is 5.94. The van der Waals surface area contributed by atoms with Crippen molar-refractivity contribution < 1.29 is 19.1 Å². The van der Waals surface area contributed by atoms with Gasteiger partial charge in [0.1, 0.15) is 11.6 Å². The Bertz CT molecular complexity index is 1340. The summed E-state index contributed by atoms with van der Waals surface area (Å²) in [5.41, 5.74) is 2.49. The molecule has 3 aromatic carbocycles. The monoisotopic (exact) mass is 582 g/mol. The maximum Gasteiger partial charge on any atom is 0.252 e. The van der Waals surface area contributed by atoms with Crippen LogP contribution >= 0.6 is 0 Å². The Kier molecular flexibility index (Phi) is 10.6. The van der Waals surface area contributed by atoms with Gasteiger partial charge in [0.05, 0.1) is 13.2 Å². The molecular weight excluding hydrogens is 540 g/mol. The van der Waals surface area contributed by atoms with Crippen LogP contribution in [0.1, 0.15) is 48.0 Å². The van der Waals surface area contributed by atoms with Crippen molar-refractivity contribution in [2.24, 2.45) is 0 Å². The SMILES string of the molecule is O=C(NC1(C(=O)NC(Cc2ccccc2)C(=O)NCCCN2CCOCC2)CCCC1)c1ccc(-c2ccccc2)cc1. The molecule has 3 amide bonds. The zero-order chi connectivity index (χ0) is 29.9. The summed E-state index contributed by atoms with van der Waals surface area (Å²) >= 11 is 0. The normalized spacial score (nSPS) is 17.1. The van der Waals surface area contributed by atoms with Gasteiger partial charge in [-0.1, -0.05) is 85.6 Å². The molecule has 0 radical (unpaired) electrons. The Morgan fingerprint density at radius 2 is 1.44 bits per heavy atom. The van der Waals surface area contributed by atoms with Crippen LogP contribution in [0, 0.1) is 0 Å². The van der Waals surface area contributed by atoms with Crippen LogP contribution in [0.4, 0.5) is 0 Å². The summed E-state index contributed by atoms with van der Waals surface area (Å²) in [6.07, 6.45) is 3.92. The zero-order valence-corrected chi connectivity index (χ0v) is 24.7. The highest BCUT2D eigenvalue weighted by atomic mass is 16.5. The largest absolute Gasteiger partial charge is 0.379 e. The van der Waals surface area contributed by atoms with Crippen LogP contribution < -0.4 is 16.0 Å². The third-order valence-electron chi connectivity index (χ3n) is 8.46. The Balaban J connectivity index is 1.23. The molecule has 1 aliphatic carbocycles. The van der Waals surface area contributed by atoms with E-state index in [1.807, 2.05) is 72.8 Å². The number of morpholine rings is 1. The summed E-state index contributed by atoms with van der Waals surface area (Å²) in [7, 11) is 0. The second-order valence-corrected chi connectivity index (χ2v) is 11.5. The predicted molar refractivity (Wildman–Crippen MR) is 168 cm³/mol.